The second-order valence-corrected chi connectivity index (χ2v) is 4.96. The number of halogens is 1. The molecule has 0 aliphatic carbocycles. The van der Waals surface area contributed by atoms with Crippen LogP contribution in [0.15, 0.2) is 18.2 Å². The van der Waals surface area contributed by atoms with Crippen LogP contribution in [-0.4, -0.2) is 13.2 Å². The molecule has 3 heteroatoms. The van der Waals surface area contributed by atoms with Gasteiger partial charge in [0.1, 0.15) is 11.6 Å². The summed E-state index contributed by atoms with van der Waals surface area (Å²) in [6.07, 6.45) is 2.08. The van der Waals surface area contributed by atoms with Gasteiger partial charge >= 0.3 is 0 Å². The molecule has 0 unspecified atom stereocenters. The first-order chi connectivity index (χ1) is 8.63. The molecule has 1 rings (SSSR count). The first-order valence-corrected chi connectivity index (χ1v) is 6.75. The minimum absolute atomic E-state index is 0.209. The summed E-state index contributed by atoms with van der Waals surface area (Å²) in [6, 6.07) is 4.72. The summed E-state index contributed by atoms with van der Waals surface area (Å²) in [5.74, 6) is 1.20. The third-order valence-electron chi connectivity index (χ3n) is 2.72. The van der Waals surface area contributed by atoms with Gasteiger partial charge in [-0.25, -0.2) is 4.39 Å². The Morgan fingerprint density at radius 1 is 1.33 bits per heavy atom. The third-order valence-corrected chi connectivity index (χ3v) is 2.72. The second-order valence-electron chi connectivity index (χ2n) is 4.96. The van der Waals surface area contributed by atoms with Gasteiger partial charge in [-0.15, -0.1) is 0 Å². The van der Waals surface area contributed by atoms with E-state index in [0.717, 1.165) is 30.7 Å². The molecule has 1 aromatic rings. The SMILES string of the molecule is CCCNCc1cc(F)ccc1OCCC(C)C. The highest BCUT2D eigenvalue weighted by Crippen LogP contribution is 2.20. The van der Waals surface area contributed by atoms with Gasteiger partial charge in [-0.3, -0.25) is 0 Å². The Labute approximate surface area is 110 Å². The van der Waals surface area contributed by atoms with Crippen LogP contribution in [0.1, 0.15) is 39.2 Å². The predicted molar refractivity (Wildman–Crippen MR) is 73.3 cm³/mol. The van der Waals surface area contributed by atoms with Crippen molar-refractivity contribution in [3.05, 3.63) is 29.6 Å². The average Bonchev–Trinajstić information content (AvgIpc) is 2.32. The number of ether oxygens (including phenoxy) is 1. The number of rotatable bonds is 8. The number of benzene rings is 1. The molecule has 0 saturated carbocycles. The Hall–Kier alpha value is -1.09. The number of nitrogens with one attached hydrogen (secondary N) is 1. The summed E-state index contributed by atoms with van der Waals surface area (Å²) in [4.78, 5) is 0. The first kappa shape index (κ1) is 15.0. The van der Waals surface area contributed by atoms with Crippen LogP contribution in [0.2, 0.25) is 0 Å². The van der Waals surface area contributed by atoms with Crippen LogP contribution in [0.5, 0.6) is 5.75 Å². The predicted octanol–water partition coefficient (Wildman–Crippen LogP) is 3.75. The molecule has 0 amide bonds. The molecule has 2 nitrogen and oxygen atoms in total. The van der Waals surface area contributed by atoms with Crippen molar-refractivity contribution in [1.82, 2.24) is 5.32 Å². The highest BCUT2D eigenvalue weighted by Gasteiger charge is 2.05. The van der Waals surface area contributed by atoms with Gasteiger partial charge in [0.15, 0.2) is 0 Å². The molecule has 0 saturated heterocycles. The van der Waals surface area contributed by atoms with E-state index in [-0.39, 0.29) is 5.82 Å². The average molecular weight is 253 g/mol. The van der Waals surface area contributed by atoms with Gasteiger partial charge in [-0.2, -0.15) is 0 Å². The van der Waals surface area contributed by atoms with Gasteiger partial charge in [-0.1, -0.05) is 20.8 Å². The van der Waals surface area contributed by atoms with E-state index < -0.39 is 0 Å². The largest absolute Gasteiger partial charge is 0.493 e. The normalized spacial score (nSPS) is 10.9. The van der Waals surface area contributed by atoms with E-state index in [1.54, 1.807) is 12.1 Å². The first-order valence-electron chi connectivity index (χ1n) is 6.75. The van der Waals surface area contributed by atoms with E-state index in [4.69, 9.17) is 4.74 Å². The molecular weight excluding hydrogens is 229 g/mol. The van der Waals surface area contributed by atoms with Crippen LogP contribution >= 0.6 is 0 Å². The molecule has 0 atom stereocenters. The Kier molecular flexibility index (Phi) is 6.73. The van der Waals surface area contributed by atoms with E-state index in [1.165, 1.54) is 6.07 Å². The molecule has 0 spiro atoms. The molecule has 18 heavy (non-hydrogen) atoms. The van der Waals surface area contributed by atoms with Gasteiger partial charge in [0.05, 0.1) is 6.61 Å². The van der Waals surface area contributed by atoms with Crippen molar-refractivity contribution in [2.45, 2.75) is 40.2 Å². The van der Waals surface area contributed by atoms with Crippen molar-refractivity contribution in [2.75, 3.05) is 13.2 Å². The molecule has 0 aliphatic rings. The Balaban J connectivity index is 2.58. The van der Waals surface area contributed by atoms with Crippen molar-refractivity contribution in [1.29, 1.82) is 0 Å². The Bertz CT molecular complexity index is 352. The zero-order chi connectivity index (χ0) is 13.4. The topological polar surface area (TPSA) is 21.3 Å². The molecule has 0 heterocycles. The fraction of sp³-hybridized carbons (Fsp3) is 0.600. The summed E-state index contributed by atoms with van der Waals surface area (Å²) in [5.41, 5.74) is 0.896. The lowest BCUT2D eigenvalue weighted by Crippen LogP contribution is -2.15. The minimum Gasteiger partial charge on any atom is -0.493 e. The molecule has 1 N–H and O–H groups in total. The van der Waals surface area contributed by atoms with E-state index in [0.29, 0.717) is 19.1 Å². The lowest BCUT2D eigenvalue weighted by atomic mass is 10.1. The van der Waals surface area contributed by atoms with Crippen LogP contribution in [0.4, 0.5) is 4.39 Å². The van der Waals surface area contributed by atoms with E-state index >= 15 is 0 Å². The zero-order valence-electron chi connectivity index (χ0n) is 11.6. The van der Waals surface area contributed by atoms with Gasteiger partial charge in [0.2, 0.25) is 0 Å². The summed E-state index contributed by atoms with van der Waals surface area (Å²) < 4.78 is 19.0. The molecule has 0 aromatic heterocycles. The van der Waals surface area contributed by atoms with Gasteiger partial charge in [0, 0.05) is 12.1 Å². The summed E-state index contributed by atoms with van der Waals surface area (Å²) in [6.45, 7) is 8.71. The minimum atomic E-state index is -0.209. The van der Waals surface area contributed by atoms with Gasteiger partial charge in [0.25, 0.3) is 0 Å². The van der Waals surface area contributed by atoms with Crippen molar-refractivity contribution in [3.8, 4) is 5.75 Å². The molecule has 0 fully saturated rings. The molecule has 0 bridgehead atoms. The Morgan fingerprint density at radius 3 is 2.78 bits per heavy atom. The lowest BCUT2D eigenvalue weighted by molar-refractivity contribution is 0.286. The van der Waals surface area contributed by atoms with Crippen LogP contribution < -0.4 is 10.1 Å². The maximum atomic E-state index is 13.2. The lowest BCUT2D eigenvalue weighted by Gasteiger charge is -2.13. The van der Waals surface area contributed by atoms with Crippen LogP contribution in [-0.2, 0) is 6.54 Å². The Morgan fingerprint density at radius 2 is 2.11 bits per heavy atom. The van der Waals surface area contributed by atoms with Crippen LogP contribution in [0.25, 0.3) is 0 Å². The van der Waals surface area contributed by atoms with Crippen molar-refractivity contribution in [2.24, 2.45) is 5.92 Å². The smallest absolute Gasteiger partial charge is 0.123 e. The number of hydrogen-bond acceptors (Lipinski definition) is 2. The quantitative estimate of drug-likeness (QED) is 0.712. The fourth-order valence-electron chi connectivity index (χ4n) is 1.63. The maximum Gasteiger partial charge on any atom is 0.123 e. The fourth-order valence-corrected chi connectivity index (χ4v) is 1.63. The highest BCUT2D eigenvalue weighted by molar-refractivity contribution is 5.33. The summed E-state index contributed by atoms with van der Waals surface area (Å²) in [7, 11) is 0. The van der Waals surface area contributed by atoms with E-state index in [2.05, 4.69) is 26.1 Å². The number of hydrogen-bond donors (Lipinski definition) is 1. The van der Waals surface area contributed by atoms with E-state index in [1.807, 2.05) is 0 Å². The summed E-state index contributed by atoms with van der Waals surface area (Å²) >= 11 is 0. The standard InChI is InChI=1S/C15H24FNO/c1-4-8-17-11-13-10-14(16)5-6-15(13)18-9-7-12(2)3/h5-6,10,12,17H,4,7-9,11H2,1-3H3. The van der Waals surface area contributed by atoms with Gasteiger partial charge < -0.3 is 10.1 Å². The second kappa shape index (κ2) is 8.09. The van der Waals surface area contributed by atoms with Crippen molar-refractivity contribution < 1.29 is 9.13 Å². The molecule has 0 aliphatic heterocycles. The molecule has 0 radical (unpaired) electrons. The molecule has 102 valence electrons. The van der Waals surface area contributed by atoms with Crippen LogP contribution in [0, 0.1) is 11.7 Å². The van der Waals surface area contributed by atoms with Crippen LogP contribution in [0.3, 0.4) is 0 Å². The van der Waals surface area contributed by atoms with Crippen molar-refractivity contribution >= 4 is 0 Å². The van der Waals surface area contributed by atoms with Crippen molar-refractivity contribution in [3.63, 3.8) is 0 Å². The van der Waals surface area contributed by atoms with E-state index in [9.17, 15) is 4.39 Å². The summed E-state index contributed by atoms with van der Waals surface area (Å²) in [5, 5.41) is 3.27. The zero-order valence-corrected chi connectivity index (χ0v) is 11.6. The molecule has 1 aromatic carbocycles. The third kappa shape index (κ3) is 5.50. The highest BCUT2D eigenvalue weighted by atomic mass is 19.1. The van der Waals surface area contributed by atoms with Gasteiger partial charge in [-0.05, 0) is 43.5 Å². The monoisotopic (exact) mass is 253 g/mol. The molecular formula is C15H24FNO. The maximum absolute atomic E-state index is 13.2.